The summed E-state index contributed by atoms with van der Waals surface area (Å²) < 4.78 is 41.0. The Bertz CT molecular complexity index is 1060. The molecule has 0 radical (unpaired) electrons. The lowest BCUT2D eigenvalue weighted by molar-refractivity contribution is -0.139. The molecule has 2 rings (SSSR count). The number of nitrogens with zero attached hydrogens (tertiary/aromatic N) is 3. The summed E-state index contributed by atoms with van der Waals surface area (Å²) in [6, 6.07) is 4.94. The van der Waals surface area contributed by atoms with Gasteiger partial charge in [-0.2, -0.15) is 0 Å². The van der Waals surface area contributed by atoms with Crippen molar-refractivity contribution in [1.29, 1.82) is 0 Å². The number of aliphatic hydroxyl groups excluding tert-OH is 2. The first kappa shape index (κ1) is 26.4. The Morgan fingerprint density at radius 3 is 2.48 bits per heavy atom. The Kier molecular flexibility index (Phi) is 9.44. The molecule has 0 saturated carbocycles. The molecule has 11 heteroatoms. The van der Waals surface area contributed by atoms with Crippen molar-refractivity contribution in [3.8, 4) is 0 Å². The van der Waals surface area contributed by atoms with Gasteiger partial charge in [-0.05, 0) is 36.6 Å². The van der Waals surface area contributed by atoms with E-state index in [-0.39, 0.29) is 35.2 Å². The Hall–Kier alpha value is -2.89. The molecule has 2 unspecified atom stereocenters. The number of aliphatic hydroxyl groups is 2. The lowest BCUT2D eigenvalue weighted by atomic mass is 10.1. The maximum absolute atomic E-state index is 13.5. The number of carboxylic acid groups (broad SMARTS) is 1. The predicted octanol–water partition coefficient (Wildman–Crippen LogP) is 2.73. The van der Waals surface area contributed by atoms with Crippen LogP contribution in [0.2, 0.25) is 0 Å². The molecule has 33 heavy (non-hydrogen) atoms. The first-order valence-electron chi connectivity index (χ1n) is 10.3. The van der Waals surface area contributed by atoms with E-state index in [1.165, 1.54) is 36.8 Å². The van der Waals surface area contributed by atoms with Crippen molar-refractivity contribution in [2.75, 3.05) is 10.1 Å². The van der Waals surface area contributed by atoms with Crippen molar-refractivity contribution in [2.45, 2.75) is 45.3 Å². The number of hydrogen-bond acceptors (Lipinski definition) is 7. The van der Waals surface area contributed by atoms with Crippen LogP contribution in [0.15, 0.2) is 42.9 Å². The minimum Gasteiger partial charge on any atom is -0.481 e. The molecule has 1 aromatic heterocycles. The molecule has 2 atom stereocenters. The third kappa shape index (κ3) is 8.19. The number of aliphatic carboxylic acids is 1. The van der Waals surface area contributed by atoms with Gasteiger partial charge in [0.05, 0.1) is 30.1 Å². The molecule has 0 aliphatic heterocycles. The summed E-state index contributed by atoms with van der Waals surface area (Å²) in [4.78, 5) is 18.7. The number of carbonyl (C=O) groups is 1. The lowest BCUT2D eigenvalue weighted by Gasteiger charge is -2.25. The molecule has 0 amide bonds. The minimum absolute atomic E-state index is 0.00917. The molecular formula is C22H28FN3O6S. The SMILES string of the molecule is CC(C)CCS(=O)(=O)N(c1ccc(F)cc1)c1ncncc1/C=C/C(O)CC(O)CC(=O)O. The first-order chi connectivity index (χ1) is 15.5. The van der Waals surface area contributed by atoms with Gasteiger partial charge in [-0.15, -0.1) is 0 Å². The fourth-order valence-corrected chi connectivity index (χ4v) is 4.76. The Morgan fingerprint density at radius 2 is 1.88 bits per heavy atom. The number of hydrogen-bond donors (Lipinski definition) is 3. The topological polar surface area (TPSA) is 141 Å². The van der Waals surface area contributed by atoms with Crippen LogP contribution in [0, 0.1) is 11.7 Å². The van der Waals surface area contributed by atoms with Gasteiger partial charge in [-0.3, -0.25) is 4.79 Å². The Morgan fingerprint density at radius 1 is 1.21 bits per heavy atom. The molecule has 1 heterocycles. The molecule has 0 fully saturated rings. The van der Waals surface area contributed by atoms with Gasteiger partial charge >= 0.3 is 5.97 Å². The highest BCUT2D eigenvalue weighted by Gasteiger charge is 2.27. The largest absolute Gasteiger partial charge is 0.481 e. The monoisotopic (exact) mass is 481 g/mol. The molecule has 180 valence electrons. The number of rotatable bonds is 12. The van der Waals surface area contributed by atoms with E-state index in [2.05, 4.69) is 9.97 Å². The van der Waals surface area contributed by atoms with Crippen molar-refractivity contribution in [1.82, 2.24) is 9.97 Å². The van der Waals surface area contributed by atoms with Gasteiger partial charge in [0.15, 0.2) is 5.82 Å². The minimum atomic E-state index is -3.91. The van der Waals surface area contributed by atoms with E-state index in [0.717, 1.165) is 16.4 Å². The summed E-state index contributed by atoms with van der Waals surface area (Å²) in [7, 11) is -3.91. The molecule has 0 bridgehead atoms. The number of anilines is 2. The van der Waals surface area contributed by atoms with E-state index in [1.807, 2.05) is 13.8 Å². The molecule has 0 aliphatic rings. The summed E-state index contributed by atoms with van der Waals surface area (Å²) in [5.41, 5.74) is 0.438. The fraction of sp³-hybridized carbons (Fsp3) is 0.409. The summed E-state index contributed by atoms with van der Waals surface area (Å²) >= 11 is 0. The molecule has 3 N–H and O–H groups in total. The van der Waals surface area contributed by atoms with Gasteiger partial charge in [0, 0.05) is 18.2 Å². The first-order valence-corrected chi connectivity index (χ1v) is 11.9. The molecule has 9 nitrogen and oxygen atoms in total. The molecule has 0 spiro atoms. The normalized spacial score (nSPS) is 13.9. The zero-order chi connectivity index (χ0) is 24.6. The summed E-state index contributed by atoms with van der Waals surface area (Å²) in [5, 5.41) is 28.5. The third-order valence-corrected chi connectivity index (χ3v) is 6.32. The van der Waals surface area contributed by atoms with Crippen molar-refractivity contribution >= 4 is 33.6 Å². The molecular weight excluding hydrogens is 453 g/mol. The number of halogens is 1. The van der Waals surface area contributed by atoms with Gasteiger partial charge in [0.25, 0.3) is 0 Å². The van der Waals surface area contributed by atoms with E-state index in [1.54, 1.807) is 0 Å². The number of carboxylic acids is 1. The standard InChI is InChI=1S/C22H28FN3O6S/c1-15(2)9-10-33(31,32)26(18-6-4-17(23)5-7-18)22-16(13-24-14-25-22)3-8-19(27)11-20(28)12-21(29)30/h3-8,13-15,19-20,27-28H,9-12H2,1-2H3,(H,29,30)/b8-3+. The van der Waals surface area contributed by atoms with Crippen molar-refractivity contribution in [3.05, 3.63) is 54.2 Å². The van der Waals surface area contributed by atoms with Gasteiger partial charge in [0.2, 0.25) is 10.0 Å². The molecule has 0 saturated heterocycles. The quantitative estimate of drug-likeness (QED) is 0.420. The molecule has 1 aromatic carbocycles. The van der Waals surface area contributed by atoms with Crippen LogP contribution in [-0.4, -0.2) is 57.6 Å². The van der Waals surface area contributed by atoms with Gasteiger partial charge in [-0.1, -0.05) is 26.0 Å². The maximum atomic E-state index is 13.5. The smallest absolute Gasteiger partial charge is 0.305 e. The van der Waals surface area contributed by atoms with E-state index in [0.29, 0.717) is 6.42 Å². The number of benzene rings is 1. The number of aromatic nitrogens is 2. The third-order valence-electron chi connectivity index (χ3n) is 4.63. The summed E-state index contributed by atoms with van der Waals surface area (Å²) in [6.45, 7) is 3.80. The van der Waals surface area contributed by atoms with Gasteiger partial charge < -0.3 is 15.3 Å². The van der Waals surface area contributed by atoms with Crippen LogP contribution in [0.25, 0.3) is 6.08 Å². The summed E-state index contributed by atoms with van der Waals surface area (Å²) in [6.07, 6.45) is 2.43. The second-order valence-corrected chi connectivity index (χ2v) is 9.89. The highest BCUT2D eigenvalue weighted by Crippen LogP contribution is 2.31. The van der Waals surface area contributed by atoms with Crippen LogP contribution in [0.4, 0.5) is 15.9 Å². The van der Waals surface area contributed by atoms with Gasteiger partial charge in [0.1, 0.15) is 12.1 Å². The average Bonchev–Trinajstić information content (AvgIpc) is 2.72. The molecule has 2 aromatic rings. The van der Waals surface area contributed by atoms with Crippen LogP contribution in [0.3, 0.4) is 0 Å². The van der Waals surface area contributed by atoms with Crippen LogP contribution in [-0.2, 0) is 14.8 Å². The van der Waals surface area contributed by atoms with Crippen molar-refractivity contribution in [3.63, 3.8) is 0 Å². The van der Waals surface area contributed by atoms with Gasteiger partial charge in [-0.25, -0.2) is 27.1 Å². The second kappa shape index (κ2) is 11.8. The van der Waals surface area contributed by atoms with Crippen molar-refractivity contribution in [2.24, 2.45) is 5.92 Å². The van der Waals surface area contributed by atoms with E-state index in [4.69, 9.17) is 5.11 Å². The highest BCUT2D eigenvalue weighted by atomic mass is 32.2. The van der Waals surface area contributed by atoms with Crippen LogP contribution >= 0.6 is 0 Å². The maximum Gasteiger partial charge on any atom is 0.305 e. The van der Waals surface area contributed by atoms with E-state index in [9.17, 15) is 27.8 Å². The van der Waals surface area contributed by atoms with Crippen LogP contribution in [0.1, 0.15) is 38.7 Å². The highest BCUT2D eigenvalue weighted by molar-refractivity contribution is 7.93. The lowest BCUT2D eigenvalue weighted by Crippen LogP contribution is -2.30. The molecule has 0 aliphatic carbocycles. The second-order valence-electron chi connectivity index (χ2n) is 7.95. The fourth-order valence-electron chi connectivity index (χ4n) is 2.95. The van der Waals surface area contributed by atoms with Crippen molar-refractivity contribution < 1.29 is 32.9 Å². The van der Waals surface area contributed by atoms with E-state index < -0.39 is 40.4 Å². The van der Waals surface area contributed by atoms with Crippen LogP contribution in [0.5, 0.6) is 0 Å². The summed E-state index contributed by atoms with van der Waals surface area (Å²) in [5.74, 6) is -1.75. The Balaban J connectivity index is 2.42. The van der Waals surface area contributed by atoms with Crippen LogP contribution < -0.4 is 4.31 Å². The van der Waals surface area contributed by atoms with E-state index >= 15 is 0 Å². The zero-order valence-corrected chi connectivity index (χ0v) is 19.2. The predicted molar refractivity (Wildman–Crippen MR) is 122 cm³/mol. The zero-order valence-electron chi connectivity index (χ0n) is 18.4. The number of sulfonamides is 1. The Labute approximate surface area is 192 Å². The average molecular weight is 482 g/mol.